The topological polar surface area (TPSA) is 352 Å². The van der Waals surface area contributed by atoms with E-state index in [0.29, 0.717) is 84.6 Å². The van der Waals surface area contributed by atoms with E-state index in [1.54, 1.807) is 72.8 Å². The molecule has 94 heavy (non-hydrogen) atoms. The van der Waals surface area contributed by atoms with Crippen LogP contribution in [0.4, 0.5) is 0 Å². The number of rotatable bonds is 17. The average Bonchev–Trinajstić information content (AvgIpc) is 1.57. The molecule has 3 aromatic heterocycles. The van der Waals surface area contributed by atoms with Gasteiger partial charge in [-0.05, 0) is 116 Å². The van der Waals surface area contributed by atoms with E-state index >= 15 is 0 Å². The molecule has 8 heterocycles. The number of fused-ring (bicyclic) bond motifs is 8. The monoisotopic (exact) mass is 1330 g/mol. The van der Waals surface area contributed by atoms with E-state index in [0.717, 1.165) is 37.7 Å². The number of aliphatic hydroxyl groups excluding tert-OH is 12. The van der Waals surface area contributed by atoms with Gasteiger partial charge in [0.25, 0.3) is 0 Å². The van der Waals surface area contributed by atoms with Crippen molar-refractivity contribution in [2.24, 2.45) is 0 Å². The van der Waals surface area contributed by atoms with Crippen LogP contribution >= 0.6 is 0 Å². The summed E-state index contributed by atoms with van der Waals surface area (Å²) in [6.07, 6.45) is -6.16. The van der Waals surface area contributed by atoms with Gasteiger partial charge < -0.3 is 99.7 Å². The minimum Gasteiger partial charge on any atom is -0.656 e. The number of ether oxygens (including phenoxy) is 6. The number of aryl methyl sites for hydroxylation is 1. The number of benzene rings is 3. The van der Waals surface area contributed by atoms with Gasteiger partial charge in [0, 0.05) is 33.4 Å². The van der Waals surface area contributed by atoms with Crippen LogP contribution < -0.4 is 24.2 Å². The number of unbranched alkanes of at least 4 members (excludes halogenated alkanes) is 6. The first-order chi connectivity index (χ1) is 45.1. The number of aromatic nitrogens is 4. The summed E-state index contributed by atoms with van der Waals surface area (Å²) in [5.74, 6) is 20.6. The summed E-state index contributed by atoms with van der Waals surface area (Å²) in [6, 6.07) is 27.3. The van der Waals surface area contributed by atoms with Crippen molar-refractivity contribution < 1.29 is 109 Å². The molecule has 23 heteroatoms. The van der Waals surface area contributed by atoms with Crippen molar-refractivity contribution in [3.05, 3.63) is 159 Å². The quantitative estimate of drug-likeness (QED) is 0.0354. The van der Waals surface area contributed by atoms with Crippen LogP contribution in [0.5, 0.6) is 17.2 Å². The van der Waals surface area contributed by atoms with Crippen molar-refractivity contribution in [2.45, 2.75) is 150 Å². The molecule has 0 spiro atoms. The van der Waals surface area contributed by atoms with Crippen LogP contribution in [0.2, 0.25) is 0 Å². The van der Waals surface area contributed by atoms with E-state index < -0.39 is 112 Å². The van der Waals surface area contributed by atoms with Crippen LogP contribution in [0, 0.1) is 35.5 Å². The molecule has 3 aromatic carbocycles. The van der Waals surface area contributed by atoms with Crippen LogP contribution in [-0.4, -0.2) is 183 Å². The van der Waals surface area contributed by atoms with Crippen LogP contribution in [0.25, 0.3) is 46.4 Å². The first-order valence-corrected chi connectivity index (χ1v) is 30.9. The molecule has 22 nitrogen and oxygen atoms in total. The average molecular weight is 1330 g/mol. The normalized spacial score (nSPS) is 26.2. The standard InChI is InChI=1S/C71H72N4O18.Zn/c1-2-3-4-5-6-7-8-9-45-49-28-30-51(72-49)46(25-16-39-10-19-42(20-11-39)88-69-66(85)63(82)60(79)57(36-76)91-69)53-32-34-55(74-53)48(27-18-41-14-23-44(24-15-41)90-71-68(87)65(84)62(81)59(38-78)93-71)56-35-33-54(75-56)47(52-31-29-50(45)73-52)26-17-40-12-21-43(22-13-40)89-70-67(86)64(83)61(80)58(37-77)92-70;/h10-15,19-24,28-35,57-71,76-87H,2-9,36-38H2,1H3;/q-2;+2/t57?,58?,59?,60-,61-,62-,63+,64+,65+,66?,67?,68?,69+,70+,71+;/m1./s1. The molecule has 11 rings (SSSR count). The Kier molecular flexibility index (Phi) is 23.4. The molecule has 3 fully saturated rings. The third-order valence-corrected chi connectivity index (χ3v) is 16.6. The van der Waals surface area contributed by atoms with Gasteiger partial charge in [-0.2, -0.15) is 0 Å². The summed E-state index contributed by atoms with van der Waals surface area (Å²) in [5, 5.41) is 123. The van der Waals surface area contributed by atoms with Crippen molar-refractivity contribution >= 4 is 46.4 Å². The zero-order valence-corrected chi connectivity index (χ0v) is 54.3. The maximum absolute atomic E-state index is 10.6. The summed E-state index contributed by atoms with van der Waals surface area (Å²) >= 11 is 0. The van der Waals surface area contributed by atoms with Gasteiger partial charge in [-0.3, -0.25) is 0 Å². The van der Waals surface area contributed by atoms with Gasteiger partial charge in [0.15, 0.2) is 0 Å². The number of nitrogens with zero attached hydrogens (tertiary/aromatic N) is 4. The van der Waals surface area contributed by atoms with Gasteiger partial charge in [-0.15, -0.1) is 22.1 Å². The Hall–Kier alpha value is -7.64. The summed E-state index contributed by atoms with van der Waals surface area (Å²) in [4.78, 5) is 20.9. The third-order valence-electron chi connectivity index (χ3n) is 16.6. The van der Waals surface area contributed by atoms with Crippen molar-refractivity contribution in [2.75, 3.05) is 19.8 Å². The van der Waals surface area contributed by atoms with Crippen LogP contribution in [0.15, 0.2) is 97.1 Å². The Labute approximate surface area is 554 Å². The van der Waals surface area contributed by atoms with Gasteiger partial charge in [0.05, 0.1) is 42.6 Å². The van der Waals surface area contributed by atoms with E-state index in [4.69, 9.17) is 48.4 Å². The molecular weight excluding hydrogens is 1260 g/mol. The fraction of sp³-hybridized carbons (Fsp3) is 0.380. The Morgan fingerprint density at radius 3 is 1.03 bits per heavy atom. The Morgan fingerprint density at radius 2 is 0.681 bits per heavy atom. The Bertz CT molecular complexity index is 3930. The third kappa shape index (κ3) is 15.8. The molecular formula is C71H72N4O18Zn. The molecule has 0 radical (unpaired) electrons. The number of hydrogen-bond donors (Lipinski definition) is 12. The van der Waals surface area contributed by atoms with Gasteiger partial charge in [-0.25, -0.2) is 9.97 Å². The van der Waals surface area contributed by atoms with E-state index in [9.17, 15) is 61.3 Å². The summed E-state index contributed by atoms with van der Waals surface area (Å²) in [5.41, 5.74) is 8.29. The molecule has 0 amide bonds. The molecule has 5 aliphatic rings. The van der Waals surface area contributed by atoms with Gasteiger partial charge in [-0.1, -0.05) is 105 Å². The fourth-order valence-electron chi connectivity index (χ4n) is 11.2. The van der Waals surface area contributed by atoms with E-state index in [2.05, 4.69) is 42.4 Å². The zero-order chi connectivity index (χ0) is 65.3. The molecule has 6 aromatic rings. The molecule has 8 bridgehead atoms. The second-order valence-electron chi connectivity index (χ2n) is 23.1. The maximum Gasteiger partial charge on any atom is 2.00 e. The van der Waals surface area contributed by atoms with Crippen LogP contribution in [0.1, 0.15) is 114 Å². The van der Waals surface area contributed by atoms with Gasteiger partial charge in [0.2, 0.25) is 18.9 Å². The second-order valence-corrected chi connectivity index (χ2v) is 23.1. The molecule has 12 N–H and O–H groups in total. The van der Waals surface area contributed by atoms with E-state index in [1.165, 1.54) is 12.8 Å². The molecule has 486 valence electrons. The minimum absolute atomic E-state index is 0. The zero-order valence-electron chi connectivity index (χ0n) is 51.3. The first kappa shape index (κ1) is 69.2. The predicted molar refractivity (Wildman–Crippen MR) is 339 cm³/mol. The molecule has 6 unspecified atom stereocenters. The predicted octanol–water partition coefficient (Wildman–Crippen LogP) is 2.94. The Balaban J connectivity index is 0.00000964. The molecule has 15 atom stereocenters. The smallest absolute Gasteiger partial charge is 0.656 e. The number of hydrogen-bond acceptors (Lipinski definition) is 20. The van der Waals surface area contributed by atoms with Crippen LogP contribution in [-0.2, 0) is 40.1 Å². The molecule has 0 saturated carbocycles. The SMILES string of the molecule is CCCCCCCCCc1c2nc(c(C#Cc3ccc(O[C@H]4OC(CO)[C@@H](O)[C@H](O)C4O)cc3)c3ccc([n-]3)c(C#Cc3ccc(O[C@H]4OC(CO)[C@@H](O)[C@H](O)C4O)cc3)c3nc(c(C#Cc4ccc(O[C@H]5OC(CO)[C@@H](O)[C@H](O)C5O)cc4)c4ccc1[n-]4)C=C3)C=C2.[Zn+2]. The number of aliphatic hydroxyl groups is 12. The second kappa shape index (κ2) is 31.7. The summed E-state index contributed by atoms with van der Waals surface area (Å²) < 4.78 is 34.2. The molecule has 5 aliphatic heterocycles. The van der Waals surface area contributed by atoms with Gasteiger partial charge in [0.1, 0.15) is 90.5 Å². The maximum atomic E-state index is 10.6. The Morgan fingerprint density at radius 1 is 0.372 bits per heavy atom. The van der Waals surface area contributed by atoms with Crippen molar-refractivity contribution in [3.63, 3.8) is 0 Å². The van der Waals surface area contributed by atoms with Crippen LogP contribution in [0.3, 0.4) is 0 Å². The van der Waals surface area contributed by atoms with Crippen molar-refractivity contribution in [1.82, 2.24) is 19.9 Å². The van der Waals surface area contributed by atoms with E-state index in [1.807, 2.05) is 48.6 Å². The van der Waals surface area contributed by atoms with E-state index in [-0.39, 0.29) is 36.7 Å². The van der Waals surface area contributed by atoms with Gasteiger partial charge >= 0.3 is 19.5 Å². The summed E-state index contributed by atoms with van der Waals surface area (Å²) in [7, 11) is 0. The molecule has 3 saturated heterocycles. The van der Waals surface area contributed by atoms with Crippen molar-refractivity contribution in [3.8, 4) is 52.8 Å². The fourth-order valence-corrected chi connectivity index (χ4v) is 11.2. The van der Waals surface area contributed by atoms with Crippen molar-refractivity contribution in [1.29, 1.82) is 0 Å². The first-order valence-electron chi connectivity index (χ1n) is 30.9. The summed E-state index contributed by atoms with van der Waals surface area (Å²) in [6.45, 7) is 0.360. The molecule has 0 aliphatic carbocycles. The largest absolute Gasteiger partial charge is 2.00 e. The minimum atomic E-state index is -1.63.